The van der Waals surface area contributed by atoms with Crippen LogP contribution in [0.2, 0.25) is 0 Å². The summed E-state index contributed by atoms with van der Waals surface area (Å²) >= 11 is 0. The van der Waals surface area contributed by atoms with Gasteiger partial charge in [-0.2, -0.15) is 0 Å². The zero-order valence-corrected chi connectivity index (χ0v) is 10.7. The van der Waals surface area contributed by atoms with Gasteiger partial charge in [0.15, 0.2) is 5.56 Å². The molecular formula is C12H11N3O6. The van der Waals surface area contributed by atoms with Crippen molar-refractivity contribution in [3.05, 3.63) is 33.9 Å². The van der Waals surface area contributed by atoms with E-state index in [9.17, 15) is 29.6 Å². The molecule has 1 aliphatic heterocycles. The normalized spacial score (nSPS) is 18.0. The number of nitrogens with zero attached hydrogens (tertiary/aromatic N) is 1. The monoisotopic (exact) mass is 293 g/mol. The van der Waals surface area contributed by atoms with E-state index in [0.717, 1.165) is 12.1 Å². The smallest absolute Gasteiger partial charge is 0.285 e. The molecule has 0 bridgehead atoms. The van der Waals surface area contributed by atoms with E-state index >= 15 is 0 Å². The van der Waals surface area contributed by atoms with E-state index in [-0.39, 0.29) is 12.8 Å². The Bertz CT molecular complexity index is 642. The molecule has 0 spiro atoms. The van der Waals surface area contributed by atoms with E-state index in [0.29, 0.717) is 0 Å². The third kappa shape index (κ3) is 2.96. The van der Waals surface area contributed by atoms with Gasteiger partial charge in [-0.3, -0.25) is 29.8 Å². The molecule has 1 unspecified atom stereocenters. The van der Waals surface area contributed by atoms with Gasteiger partial charge < -0.3 is 10.4 Å². The van der Waals surface area contributed by atoms with Crippen molar-refractivity contribution in [2.24, 2.45) is 0 Å². The molecule has 3 N–H and O–H groups in total. The molecular weight excluding hydrogens is 282 g/mol. The molecule has 110 valence electrons. The predicted molar refractivity (Wildman–Crippen MR) is 68.4 cm³/mol. The Morgan fingerprint density at radius 2 is 2.14 bits per heavy atom. The van der Waals surface area contributed by atoms with Crippen LogP contribution in [-0.2, 0) is 9.59 Å². The highest BCUT2D eigenvalue weighted by Crippen LogP contribution is 2.27. The number of imide groups is 1. The van der Waals surface area contributed by atoms with Crippen LogP contribution in [0.15, 0.2) is 18.2 Å². The number of hydrogen-bond donors (Lipinski definition) is 3. The van der Waals surface area contributed by atoms with Crippen molar-refractivity contribution in [2.45, 2.75) is 18.9 Å². The first-order valence-electron chi connectivity index (χ1n) is 6.01. The van der Waals surface area contributed by atoms with Gasteiger partial charge in [0.25, 0.3) is 11.6 Å². The molecule has 1 aromatic carbocycles. The molecule has 1 atom stereocenters. The van der Waals surface area contributed by atoms with Crippen LogP contribution in [0.3, 0.4) is 0 Å². The lowest BCUT2D eigenvalue weighted by Gasteiger charge is -2.21. The lowest BCUT2D eigenvalue weighted by Crippen LogP contribution is -2.52. The second-order valence-electron chi connectivity index (χ2n) is 4.41. The molecule has 1 aliphatic rings. The van der Waals surface area contributed by atoms with Crippen LogP contribution in [0.5, 0.6) is 5.75 Å². The topological polar surface area (TPSA) is 139 Å². The quantitative estimate of drug-likeness (QED) is 0.402. The van der Waals surface area contributed by atoms with E-state index in [1.165, 1.54) is 6.07 Å². The van der Waals surface area contributed by atoms with Gasteiger partial charge in [0.2, 0.25) is 11.8 Å². The number of rotatable bonds is 3. The number of phenols is 1. The van der Waals surface area contributed by atoms with Gasteiger partial charge in [-0.15, -0.1) is 0 Å². The van der Waals surface area contributed by atoms with Gasteiger partial charge >= 0.3 is 0 Å². The zero-order valence-electron chi connectivity index (χ0n) is 10.7. The van der Waals surface area contributed by atoms with Gasteiger partial charge in [-0.1, -0.05) is 6.07 Å². The minimum atomic E-state index is -0.977. The first-order valence-corrected chi connectivity index (χ1v) is 6.01. The summed E-state index contributed by atoms with van der Waals surface area (Å²) in [4.78, 5) is 44.6. The van der Waals surface area contributed by atoms with Crippen molar-refractivity contribution in [3.63, 3.8) is 0 Å². The fourth-order valence-corrected chi connectivity index (χ4v) is 1.97. The molecule has 21 heavy (non-hydrogen) atoms. The number of piperidine rings is 1. The number of carbonyl (C=O) groups is 3. The minimum Gasteiger partial charge on any atom is -0.507 e. The molecule has 0 aliphatic carbocycles. The molecule has 9 heteroatoms. The lowest BCUT2D eigenvalue weighted by molar-refractivity contribution is -0.385. The second kappa shape index (κ2) is 5.57. The Morgan fingerprint density at radius 1 is 1.43 bits per heavy atom. The molecule has 1 heterocycles. The molecule has 9 nitrogen and oxygen atoms in total. The summed E-state index contributed by atoms with van der Waals surface area (Å²) in [6, 6.07) is 2.45. The Kier molecular flexibility index (Phi) is 3.83. The molecule has 2 rings (SSSR count). The number of aromatic hydroxyl groups is 1. The van der Waals surface area contributed by atoms with Gasteiger partial charge in [0.05, 0.1) is 4.92 Å². The number of hydrogen-bond acceptors (Lipinski definition) is 6. The van der Waals surface area contributed by atoms with Crippen molar-refractivity contribution in [1.82, 2.24) is 10.6 Å². The van der Waals surface area contributed by atoms with Crippen molar-refractivity contribution < 1.29 is 24.4 Å². The summed E-state index contributed by atoms with van der Waals surface area (Å²) in [5.74, 6) is -2.64. The number of nitrogens with one attached hydrogen (secondary N) is 2. The SMILES string of the molecule is O=C1CCC(NC(=O)c2c(O)cccc2[N+](=O)[O-])C(=O)N1. The van der Waals surface area contributed by atoms with Crippen molar-refractivity contribution in [3.8, 4) is 5.75 Å². The van der Waals surface area contributed by atoms with Crippen LogP contribution in [0.4, 0.5) is 5.69 Å². The maximum atomic E-state index is 12.0. The number of benzene rings is 1. The van der Waals surface area contributed by atoms with Crippen LogP contribution >= 0.6 is 0 Å². The maximum Gasteiger partial charge on any atom is 0.285 e. The number of amides is 3. The minimum absolute atomic E-state index is 0.0551. The standard InChI is InChI=1S/C12H11N3O6/c16-8-3-1-2-7(15(20)21)10(8)12(19)13-6-4-5-9(17)14-11(6)18/h1-3,6,16H,4-5H2,(H,13,19)(H,14,17,18). The summed E-state index contributed by atoms with van der Waals surface area (Å²) in [6.07, 6.45) is 0.150. The molecule has 0 aromatic heterocycles. The Morgan fingerprint density at radius 3 is 2.76 bits per heavy atom. The van der Waals surface area contributed by atoms with E-state index in [4.69, 9.17) is 0 Å². The van der Waals surface area contributed by atoms with Crippen LogP contribution < -0.4 is 10.6 Å². The fraction of sp³-hybridized carbons (Fsp3) is 0.250. The summed E-state index contributed by atoms with van der Waals surface area (Å²) in [5.41, 5.74) is -1.09. The number of carbonyl (C=O) groups excluding carboxylic acids is 3. The van der Waals surface area contributed by atoms with Gasteiger partial charge in [0.1, 0.15) is 11.8 Å². The third-order valence-corrected chi connectivity index (χ3v) is 2.99. The highest BCUT2D eigenvalue weighted by atomic mass is 16.6. The Labute approximate surface area is 118 Å². The average molecular weight is 293 g/mol. The van der Waals surface area contributed by atoms with E-state index in [2.05, 4.69) is 5.32 Å². The Hall–Kier alpha value is -2.97. The molecule has 3 amide bonds. The van der Waals surface area contributed by atoms with Crippen molar-refractivity contribution in [1.29, 1.82) is 0 Å². The van der Waals surface area contributed by atoms with E-state index < -0.39 is 45.7 Å². The number of nitro groups is 1. The van der Waals surface area contributed by atoms with Crippen molar-refractivity contribution in [2.75, 3.05) is 0 Å². The van der Waals surface area contributed by atoms with Gasteiger partial charge in [-0.05, 0) is 12.5 Å². The van der Waals surface area contributed by atoms with Gasteiger partial charge in [0, 0.05) is 12.5 Å². The molecule has 0 radical (unpaired) electrons. The van der Waals surface area contributed by atoms with Crippen molar-refractivity contribution >= 4 is 23.4 Å². The molecule has 1 saturated heterocycles. The van der Waals surface area contributed by atoms with Crippen LogP contribution in [0, 0.1) is 10.1 Å². The van der Waals surface area contributed by atoms with Gasteiger partial charge in [-0.25, -0.2) is 0 Å². The summed E-state index contributed by atoms with van der Waals surface area (Å²) < 4.78 is 0. The number of nitro benzene ring substituents is 1. The highest BCUT2D eigenvalue weighted by Gasteiger charge is 2.31. The Balaban J connectivity index is 2.23. The highest BCUT2D eigenvalue weighted by molar-refractivity contribution is 6.06. The summed E-state index contributed by atoms with van der Waals surface area (Å²) in [5, 5.41) is 24.8. The van der Waals surface area contributed by atoms with Crippen LogP contribution in [0.1, 0.15) is 23.2 Å². The zero-order chi connectivity index (χ0) is 15.6. The number of phenolic OH excluding ortho intramolecular Hbond substituents is 1. The molecule has 1 fully saturated rings. The molecule has 0 saturated carbocycles. The third-order valence-electron chi connectivity index (χ3n) is 2.99. The van der Waals surface area contributed by atoms with Crippen LogP contribution in [0.25, 0.3) is 0 Å². The second-order valence-corrected chi connectivity index (χ2v) is 4.41. The predicted octanol–water partition coefficient (Wildman–Crippen LogP) is -0.165. The summed E-state index contributed by atoms with van der Waals surface area (Å²) in [6.45, 7) is 0. The van der Waals surface area contributed by atoms with E-state index in [1.54, 1.807) is 0 Å². The van der Waals surface area contributed by atoms with Crippen LogP contribution in [-0.4, -0.2) is 33.8 Å². The maximum absolute atomic E-state index is 12.0. The molecule has 1 aromatic rings. The first-order chi connectivity index (χ1) is 9.90. The average Bonchev–Trinajstić information content (AvgIpc) is 2.41. The van der Waals surface area contributed by atoms with E-state index in [1.807, 2.05) is 5.32 Å². The first kappa shape index (κ1) is 14.4. The largest absolute Gasteiger partial charge is 0.507 e. The lowest BCUT2D eigenvalue weighted by atomic mass is 10.0. The summed E-state index contributed by atoms with van der Waals surface area (Å²) in [7, 11) is 0. The fourth-order valence-electron chi connectivity index (χ4n) is 1.97.